The summed E-state index contributed by atoms with van der Waals surface area (Å²) in [7, 11) is -10.7. The lowest BCUT2D eigenvalue weighted by atomic mass is 9.95. The predicted molar refractivity (Wildman–Crippen MR) is 90.8 cm³/mol. The molecule has 1 amide bonds. The first-order valence-electron chi connectivity index (χ1n) is 6.32. The van der Waals surface area contributed by atoms with Crippen LogP contribution in [0.2, 0.25) is 0 Å². The summed E-state index contributed by atoms with van der Waals surface area (Å²) in [5.74, 6) is -2.84. The van der Waals surface area contributed by atoms with Crippen molar-refractivity contribution in [1.29, 1.82) is 0 Å². The highest BCUT2D eigenvalue weighted by Crippen LogP contribution is 2.66. The lowest BCUT2D eigenvalue weighted by molar-refractivity contribution is -0.119. The summed E-state index contributed by atoms with van der Waals surface area (Å²) >= 11 is 5.55. The number of hydrogen-bond donors (Lipinski definition) is 6. The topological polar surface area (TPSA) is 164 Å². The van der Waals surface area contributed by atoms with Crippen LogP contribution in [0.3, 0.4) is 0 Å². The van der Waals surface area contributed by atoms with E-state index in [1.807, 2.05) is 0 Å². The first-order valence-corrected chi connectivity index (χ1v) is 11.0. The number of benzene rings is 1. The zero-order valence-corrected chi connectivity index (χ0v) is 15.1. The molecule has 2 atom stereocenters. The van der Waals surface area contributed by atoms with Gasteiger partial charge < -0.3 is 30.0 Å². The Labute approximate surface area is 145 Å². The number of phenolic OH excluding ortho intramolecular Hbond substituents is 1. The number of phenols is 1. The molecule has 2 unspecified atom stereocenters. The average Bonchev–Trinajstić information content (AvgIpc) is 2.72. The number of thiocarbonyl (C=S) groups is 1. The fraction of sp³-hybridized carbons (Fsp3) is 0.273. The summed E-state index contributed by atoms with van der Waals surface area (Å²) in [6.07, 6.45) is 0. The van der Waals surface area contributed by atoms with Gasteiger partial charge in [-0.3, -0.25) is 13.9 Å². The molecule has 1 aromatic carbocycles. The number of rotatable bonds is 5. The number of hydrogen-bond acceptors (Lipinski definition) is 6. The van der Waals surface area contributed by atoms with E-state index in [4.69, 9.17) is 12.2 Å². The molecule has 1 heterocycles. The van der Waals surface area contributed by atoms with Gasteiger partial charge in [-0.15, -0.1) is 0 Å². The van der Waals surface area contributed by atoms with Gasteiger partial charge in [-0.05, 0) is 6.07 Å². The molecule has 1 aliphatic heterocycles. The predicted octanol–water partition coefficient (Wildman–Crippen LogP) is 0.674. The number of aromatic hydroxyl groups is 1. The van der Waals surface area contributed by atoms with E-state index >= 15 is 0 Å². The van der Waals surface area contributed by atoms with Crippen LogP contribution in [-0.2, 0) is 13.9 Å². The van der Waals surface area contributed by atoms with Gasteiger partial charge >= 0.3 is 15.2 Å². The first kappa shape index (κ1) is 19.6. The Balaban J connectivity index is 2.69. The molecule has 0 aromatic heterocycles. The third-order valence-corrected chi connectivity index (χ3v) is 8.64. The molecule has 0 saturated carbocycles. The van der Waals surface area contributed by atoms with Crippen molar-refractivity contribution in [1.82, 2.24) is 5.32 Å². The second-order valence-corrected chi connectivity index (χ2v) is 10.7. The van der Waals surface area contributed by atoms with Crippen molar-refractivity contribution in [2.45, 2.75) is 16.6 Å². The van der Waals surface area contributed by atoms with Crippen molar-refractivity contribution >= 4 is 49.4 Å². The summed E-state index contributed by atoms with van der Waals surface area (Å²) in [5.41, 5.74) is -0.161. The highest BCUT2D eigenvalue weighted by molar-refractivity contribution is 8.24. The highest BCUT2D eigenvalue weighted by atomic mass is 32.2. The zero-order chi connectivity index (χ0) is 18.3. The maximum atomic E-state index is 12.1. The van der Waals surface area contributed by atoms with Gasteiger partial charge in [0.1, 0.15) is 10.1 Å². The van der Waals surface area contributed by atoms with Gasteiger partial charge in [-0.25, -0.2) is 0 Å². The fourth-order valence-corrected chi connectivity index (χ4v) is 7.19. The second-order valence-electron chi connectivity index (χ2n) is 4.99. The number of thioether (sulfide) groups is 1. The summed E-state index contributed by atoms with van der Waals surface area (Å²) in [6.45, 7) is 0. The van der Waals surface area contributed by atoms with Gasteiger partial charge in [0, 0.05) is 11.5 Å². The molecule has 0 aliphatic carbocycles. The minimum atomic E-state index is -5.35. The monoisotopic (exact) mass is 413 g/mol. The third kappa shape index (κ3) is 4.07. The smallest absolute Gasteiger partial charge is 0.341 e. The standard InChI is InChI=1S/C11H13NO8P2S2/c13-6-4-2-1-3-5(6)7(8-9(14)12-11(23)24-8)10(21(15,16)17)22(18,19)20/h1-4,7-8,10,13H,(H,12,14,23)(H2,15,16,17)(H2,18,19,20). The van der Waals surface area contributed by atoms with Crippen molar-refractivity contribution in [3.63, 3.8) is 0 Å². The Morgan fingerprint density at radius 2 is 1.67 bits per heavy atom. The van der Waals surface area contributed by atoms with Gasteiger partial charge in [0.25, 0.3) is 0 Å². The number of carbonyl (C=O) groups excluding carboxylic acids is 1. The molecule has 132 valence electrons. The number of para-hydroxylation sites is 1. The molecule has 24 heavy (non-hydrogen) atoms. The second kappa shape index (κ2) is 6.86. The highest BCUT2D eigenvalue weighted by Gasteiger charge is 2.55. The van der Waals surface area contributed by atoms with Gasteiger partial charge in [0.05, 0.1) is 5.25 Å². The van der Waals surface area contributed by atoms with Crippen LogP contribution in [0, 0.1) is 0 Å². The van der Waals surface area contributed by atoms with E-state index in [9.17, 15) is 38.6 Å². The molecule has 0 spiro atoms. The van der Waals surface area contributed by atoms with Crippen molar-refractivity contribution in [2.75, 3.05) is 0 Å². The van der Waals surface area contributed by atoms with Gasteiger partial charge in [-0.1, -0.05) is 42.2 Å². The normalized spacial score (nSPS) is 20.3. The van der Waals surface area contributed by atoms with E-state index in [0.29, 0.717) is 0 Å². The van der Waals surface area contributed by atoms with E-state index in [0.717, 1.165) is 11.8 Å². The summed E-state index contributed by atoms with van der Waals surface area (Å²) in [5, 5.41) is 8.45. The summed E-state index contributed by atoms with van der Waals surface area (Å²) in [4.78, 5) is 50.1. The zero-order valence-electron chi connectivity index (χ0n) is 11.7. The van der Waals surface area contributed by atoms with Crippen LogP contribution in [0.15, 0.2) is 24.3 Å². The Morgan fingerprint density at radius 3 is 2.08 bits per heavy atom. The Morgan fingerprint density at radius 1 is 1.12 bits per heavy atom. The van der Waals surface area contributed by atoms with E-state index in [1.165, 1.54) is 24.3 Å². The average molecular weight is 413 g/mol. The molecule has 1 aromatic rings. The maximum Gasteiger partial charge on any atom is 0.341 e. The molecule has 0 bridgehead atoms. The SMILES string of the molecule is O=C1NC(=S)SC1C(c1ccccc1O)C(P(=O)(O)O)P(=O)(O)O. The maximum absolute atomic E-state index is 12.1. The minimum Gasteiger partial charge on any atom is -0.508 e. The van der Waals surface area contributed by atoms with Crippen LogP contribution in [0.25, 0.3) is 0 Å². The minimum absolute atomic E-state index is 0.0144. The van der Waals surface area contributed by atoms with E-state index in [2.05, 4.69) is 5.32 Å². The number of nitrogens with one attached hydrogen (secondary N) is 1. The third-order valence-electron chi connectivity index (χ3n) is 3.35. The fourth-order valence-electron chi connectivity index (χ4n) is 2.47. The van der Waals surface area contributed by atoms with E-state index < -0.39 is 43.4 Å². The Kier molecular flexibility index (Phi) is 5.59. The van der Waals surface area contributed by atoms with Crippen molar-refractivity contribution in [3.05, 3.63) is 29.8 Å². The van der Waals surface area contributed by atoms with E-state index in [-0.39, 0.29) is 9.88 Å². The first-order chi connectivity index (χ1) is 10.9. The summed E-state index contributed by atoms with van der Waals surface area (Å²) < 4.78 is 23.6. The van der Waals surface area contributed by atoms with Crippen LogP contribution in [0.4, 0.5) is 0 Å². The number of carbonyl (C=O) groups is 1. The molecule has 1 fully saturated rings. The molecular formula is C11H13NO8P2S2. The summed E-state index contributed by atoms with van der Waals surface area (Å²) in [6, 6.07) is 5.27. The largest absolute Gasteiger partial charge is 0.508 e. The molecule has 13 heteroatoms. The van der Waals surface area contributed by atoms with Crippen LogP contribution in [0.1, 0.15) is 11.5 Å². The molecule has 1 saturated heterocycles. The molecule has 6 N–H and O–H groups in total. The van der Waals surface area contributed by atoms with Crippen LogP contribution in [0.5, 0.6) is 5.75 Å². The Hall–Kier alpha value is -0.770. The van der Waals surface area contributed by atoms with E-state index in [1.54, 1.807) is 0 Å². The van der Waals surface area contributed by atoms with Crippen LogP contribution >= 0.6 is 39.2 Å². The quantitative estimate of drug-likeness (QED) is 0.299. The van der Waals surface area contributed by atoms with Crippen LogP contribution in [-0.4, -0.2) is 45.6 Å². The molecular weight excluding hydrogens is 400 g/mol. The van der Waals surface area contributed by atoms with Gasteiger partial charge in [0.15, 0.2) is 5.40 Å². The van der Waals surface area contributed by atoms with Crippen LogP contribution < -0.4 is 5.32 Å². The van der Waals surface area contributed by atoms with Crippen molar-refractivity contribution in [3.8, 4) is 5.75 Å². The lowest BCUT2D eigenvalue weighted by Gasteiger charge is -2.31. The van der Waals surface area contributed by atoms with Gasteiger partial charge in [-0.2, -0.15) is 0 Å². The molecule has 2 rings (SSSR count). The van der Waals surface area contributed by atoms with Crippen molar-refractivity contribution < 1.29 is 38.6 Å². The van der Waals surface area contributed by atoms with Gasteiger partial charge in [0.2, 0.25) is 5.91 Å². The molecule has 1 aliphatic rings. The molecule has 0 radical (unpaired) electrons. The Bertz CT molecular complexity index is 753. The van der Waals surface area contributed by atoms with Crippen molar-refractivity contribution in [2.24, 2.45) is 0 Å². The molecule has 9 nitrogen and oxygen atoms in total. The number of amides is 1. The lowest BCUT2D eigenvalue weighted by Crippen LogP contribution is -2.34.